The van der Waals surface area contributed by atoms with E-state index in [0.717, 1.165) is 22.2 Å². The summed E-state index contributed by atoms with van der Waals surface area (Å²) in [6.45, 7) is 0. The molecule has 0 saturated heterocycles. The molecule has 0 aliphatic heterocycles. The number of aromatic nitrogens is 3. The van der Waals surface area contributed by atoms with Crippen molar-refractivity contribution in [1.29, 1.82) is 0 Å². The van der Waals surface area contributed by atoms with Gasteiger partial charge in [0, 0.05) is 17.1 Å². The number of hydrogen-bond donors (Lipinski definition) is 1. The van der Waals surface area contributed by atoms with Gasteiger partial charge in [0.1, 0.15) is 5.82 Å². The highest BCUT2D eigenvalue weighted by atomic mass is 14.9. The van der Waals surface area contributed by atoms with Crippen molar-refractivity contribution in [3.63, 3.8) is 0 Å². The fourth-order valence-corrected chi connectivity index (χ4v) is 1.72. The smallest absolute Gasteiger partial charge is 0.141 e. The van der Waals surface area contributed by atoms with E-state index in [1.807, 2.05) is 30.3 Å². The average molecular weight is 222 g/mol. The standard InChI is InChI=1S/C13H10N4/c14-13-8-16-12(7-17-13)10-3-4-11-9(6-10)2-1-5-15-11/h1-8H,(H2,14,17). The second-order valence-corrected chi connectivity index (χ2v) is 3.74. The number of nitrogens with two attached hydrogens (primary N) is 1. The summed E-state index contributed by atoms with van der Waals surface area (Å²) in [5.74, 6) is 0.427. The van der Waals surface area contributed by atoms with E-state index in [-0.39, 0.29) is 0 Å². The Kier molecular flexibility index (Phi) is 2.19. The summed E-state index contributed by atoms with van der Waals surface area (Å²) in [7, 11) is 0. The Morgan fingerprint density at radius 3 is 2.71 bits per heavy atom. The molecule has 0 unspecified atom stereocenters. The van der Waals surface area contributed by atoms with Gasteiger partial charge in [0.25, 0.3) is 0 Å². The van der Waals surface area contributed by atoms with Crippen molar-refractivity contribution in [2.75, 3.05) is 5.73 Å². The predicted octanol–water partition coefficient (Wildman–Crippen LogP) is 2.27. The Morgan fingerprint density at radius 2 is 1.88 bits per heavy atom. The largest absolute Gasteiger partial charge is 0.382 e. The van der Waals surface area contributed by atoms with Crippen LogP contribution in [0.5, 0.6) is 0 Å². The molecule has 2 heterocycles. The molecule has 4 nitrogen and oxygen atoms in total. The first-order valence-electron chi connectivity index (χ1n) is 5.25. The van der Waals surface area contributed by atoms with Crippen LogP contribution in [0.3, 0.4) is 0 Å². The molecule has 4 heteroatoms. The molecule has 17 heavy (non-hydrogen) atoms. The monoisotopic (exact) mass is 222 g/mol. The number of nitrogens with zero attached hydrogens (tertiary/aromatic N) is 3. The molecule has 0 spiro atoms. The van der Waals surface area contributed by atoms with Gasteiger partial charge in [0.2, 0.25) is 0 Å². The molecular formula is C13H10N4. The summed E-state index contributed by atoms with van der Waals surface area (Å²) in [5.41, 5.74) is 8.31. The lowest BCUT2D eigenvalue weighted by atomic mass is 10.1. The second-order valence-electron chi connectivity index (χ2n) is 3.74. The van der Waals surface area contributed by atoms with Crippen molar-refractivity contribution < 1.29 is 0 Å². The van der Waals surface area contributed by atoms with Gasteiger partial charge in [-0.25, -0.2) is 4.98 Å². The summed E-state index contributed by atoms with van der Waals surface area (Å²) >= 11 is 0. The third kappa shape index (κ3) is 1.80. The highest BCUT2D eigenvalue weighted by molar-refractivity contribution is 5.83. The van der Waals surface area contributed by atoms with Crippen LogP contribution in [0.4, 0.5) is 5.82 Å². The van der Waals surface area contributed by atoms with E-state index in [2.05, 4.69) is 15.0 Å². The SMILES string of the molecule is Nc1cnc(-c2ccc3ncccc3c2)cn1. The Bertz CT molecular complexity index is 662. The number of anilines is 1. The highest BCUT2D eigenvalue weighted by Crippen LogP contribution is 2.21. The number of benzene rings is 1. The maximum Gasteiger partial charge on any atom is 0.141 e. The Morgan fingerprint density at radius 1 is 0.941 bits per heavy atom. The predicted molar refractivity (Wildman–Crippen MR) is 67.2 cm³/mol. The van der Waals surface area contributed by atoms with Crippen LogP contribution in [0.2, 0.25) is 0 Å². The molecule has 1 aromatic carbocycles. The van der Waals surface area contributed by atoms with E-state index in [0.29, 0.717) is 5.82 Å². The van der Waals surface area contributed by atoms with Crippen LogP contribution in [-0.4, -0.2) is 15.0 Å². The summed E-state index contributed by atoms with van der Waals surface area (Å²) in [6, 6.07) is 9.94. The summed E-state index contributed by atoms with van der Waals surface area (Å²) in [5, 5.41) is 1.09. The Hall–Kier alpha value is -2.49. The topological polar surface area (TPSA) is 64.7 Å². The number of pyridine rings is 1. The van der Waals surface area contributed by atoms with E-state index in [1.165, 1.54) is 0 Å². The molecule has 3 aromatic rings. The third-order valence-electron chi connectivity index (χ3n) is 2.57. The molecule has 3 rings (SSSR count). The highest BCUT2D eigenvalue weighted by Gasteiger charge is 2.01. The molecule has 0 radical (unpaired) electrons. The van der Waals surface area contributed by atoms with Crippen molar-refractivity contribution >= 4 is 16.7 Å². The lowest BCUT2D eigenvalue weighted by molar-refractivity contribution is 1.22. The van der Waals surface area contributed by atoms with Gasteiger partial charge >= 0.3 is 0 Å². The van der Waals surface area contributed by atoms with Crippen molar-refractivity contribution in [3.05, 3.63) is 48.9 Å². The number of hydrogen-bond acceptors (Lipinski definition) is 4. The molecule has 0 fully saturated rings. The lowest BCUT2D eigenvalue weighted by Crippen LogP contribution is -1.92. The minimum absolute atomic E-state index is 0.427. The van der Waals surface area contributed by atoms with Crippen LogP contribution in [0, 0.1) is 0 Å². The van der Waals surface area contributed by atoms with E-state index in [9.17, 15) is 0 Å². The Labute approximate surface area is 98.2 Å². The first-order chi connectivity index (χ1) is 8.33. The van der Waals surface area contributed by atoms with Crippen LogP contribution >= 0.6 is 0 Å². The molecule has 2 aromatic heterocycles. The van der Waals surface area contributed by atoms with E-state index >= 15 is 0 Å². The van der Waals surface area contributed by atoms with Crippen LogP contribution in [0.15, 0.2) is 48.9 Å². The molecule has 0 aliphatic carbocycles. The van der Waals surface area contributed by atoms with Gasteiger partial charge in [0.15, 0.2) is 0 Å². The summed E-state index contributed by atoms with van der Waals surface area (Å²) in [4.78, 5) is 12.6. The number of nitrogen functional groups attached to an aromatic ring is 1. The zero-order valence-corrected chi connectivity index (χ0v) is 9.04. The maximum atomic E-state index is 5.51. The average Bonchev–Trinajstić information content (AvgIpc) is 2.39. The second kappa shape index (κ2) is 3.83. The quantitative estimate of drug-likeness (QED) is 0.686. The lowest BCUT2D eigenvalue weighted by Gasteiger charge is -2.02. The molecule has 0 bridgehead atoms. The number of fused-ring (bicyclic) bond motifs is 1. The molecular weight excluding hydrogens is 212 g/mol. The van der Waals surface area contributed by atoms with Crippen LogP contribution in [-0.2, 0) is 0 Å². The molecule has 0 saturated carbocycles. The van der Waals surface area contributed by atoms with Gasteiger partial charge in [0.05, 0.1) is 23.6 Å². The molecule has 0 atom stereocenters. The van der Waals surface area contributed by atoms with Gasteiger partial charge in [-0.05, 0) is 18.2 Å². The Balaban J connectivity index is 2.14. The minimum Gasteiger partial charge on any atom is -0.382 e. The third-order valence-corrected chi connectivity index (χ3v) is 2.57. The molecule has 2 N–H and O–H groups in total. The first kappa shape index (κ1) is 9.72. The summed E-state index contributed by atoms with van der Waals surface area (Å²) in [6.07, 6.45) is 5.01. The zero-order chi connectivity index (χ0) is 11.7. The van der Waals surface area contributed by atoms with E-state index in [4.69, 9.17) is 5.73 Å². The van der Waals surface area contributed by atoms with Gasteiger partial charge in [-0.2, -0.15) is 0 Å². The van der Waals surface area contributed by atoms with Gasteiger partial charge < -0.3 is 5.73 Å². The number of rotatable bonds is 1. The minimum atomic E-state index is 0.427. The van der Waals surface area contributed by atoms with Gasteiger partial charge in [-0.3, -0.25) is 9.97 Å². The molecule has 0 amide bonds. The normalized spacial score (nSPS) is 10.6. The maximum absolute atomic E-state index is 5.51. The van der Waals surface area contributed by atoms with Crippen molar-refractivity contribution in [1.82, 2.24) is 15.0 Å². The van der Waals surface area contributed by atoms with Crippen LogP contribution in [0.1, 0.15) is 0 Å². The van der Waals surface area contributed by atoms with Gasteiger partial charge in [-0.15, -0.1) is 0 Å². The fourth-order valence-electron chi connectivity index (χ4n) is 1.72. The fraction of sp³-hybridized carbons (Fsp3) is 0. The molecule has 0 aliphatic rings. The first-order valence-corrected chi connectivity index (χ1v) is 5.25. The van der Waals surface area contributed by atoms with E-state index < -0.39 is 0 Å². The van der Waals surface area contributed by atoms with Crippen LogP contribution < -0.4 is 5.73 Å². The van der Waals surface area contributed by atoms with E-state index in [1.54, 1.807) is 18.6 Å². The van der Waals surface area contributed by atoms with Gasteiger partial charge in [-0.1, -0.05) is 12.1 Å². The van der Waals surface area contributed by atoms with Crippen molar-refractivity contribution in [2.45, 2.75) is 0 Å². The summed E-state index contributed by atoms with van der Waals surface area (Å²) < 4.78 is 0. The molecule has 82 valence electrons. The van der Waals surface area contributed by atoms with Crippen molar-refractivity contribution in [3.8, 4) is 11.3 Å². The van der Waals surface area contributed by atoms with Crippen molar-refractivity contribution in [2.24, 2.45) is 0 Å². The van der Waals surface area contributed by atoms with Crippen LogP contribution in [0.25, 0.3) is 22.2 Å². The zero-order valence-electron chi connectivity index (χ0n) is 9.04.